The Kier molecular flexibility index (Phi) is 2.87. The van der Waals surface area contributed by atoms with Crippen LogP contribution in [0.5, 0.6) is 0 Å². The first-order valence-electron chi connectivity index (χ1n) is 6.77. The third-order valence-corrected chi connectivity index (χ3v) is 6.02. The first-order valence-corrected chi connectivity index (χ1v) is 6.77. The Morgan fingerprint density at radius 1 is 1.12 bits per heavy atom. The normalized spacial score (nSPS) is 29.8. The minimum atomic E-state index is 0.448. The predicted octanol–water partition coefficient (Wildman–Crippen LogP) is 2.39. The average molecular weight is 224 g/mol. The zero-order chi connectivity index (χ0) is 12.0. The number of hydrogen-bond donors (Lipinski definition) is 2. The van der Waals surface area contributed by atoms with E-state index in [1.807, 2.05) is 0 Å². The molecule has 0 heterocycles. The maximum Gasteiger partial charge on any atom is 0.00200 e. The van der Waals surface area contributed by atoms with E-state index in [0.29, 0.717) is 16.2 Å². The molecular weight excluding hydrogens is 196 g/mol. The zero-order valence-electron chi connectivity index (χ0n) is 11.4. The molecule has 3 N–H and O–H groups in total. The summed E-state index contributed by atoms with van der Waals surface area (Å²) in [5, 5.41) is 3.67. The highest BCUT2D eigenvalue weighted by Gasteiger charge is 2.63. The highest BCUT2D eigenvalue weighted by atomic mass is 14.9. The van der Waals surface area contributed by atoms with Gasteiger partial charge in [0.05, 0.1) is 0 Å². The monoisotopic (exact) mass is 224 g/mol. The summed E-state index contributed by atoms with van der Waals surface area (Å²) in [6, 6.07) is 0. The van der Waals surface area contributed by atoms with Crippen molar-refractivity contribution in [1.29, 1.82) is 0 Å². The van der Waals surface area contributed by atoms with E-state index in [9.17, 15) is 0 Å². The molecule has 2 fully saturated rings. The van der Waals surface area contributed by atoms with Crippen molar-refractivity contribution in [2.75, 3.05) is 19.6 Å². The lowest BCUT2D eigenvalue weighted by Gasteiger charge is -2.41. The van der Waals surface area contributed by atoms with E-state index < -0.39 is 0 Å². The van der Waals surface area contributed by atoms with Crippen LogP contribution in [0, 0.1) is 22.2 Å². The van der Waals surface area contributed by atoms with E-state index in [4.69, 9.17) is 5.73 Å². The number of nitrogens with two attached hydrogens (primary N) is 1. The lowest BCUT2D eigenvalue weighted by molar-refractivity contribution is 0.140. The molecule has 0 aromatic rings. The van der Waals surface area contributed by atoms with Crippen molar-refractivity contribution in [2.45, 2.75) is 47.0 Å². The largest absolute Gasteiger partial charge is 0.330 e. The van der Waals surface area contributed by atoms with Crippen molar-refractivity contribution in [3.63, 3.8) is 0 Å². The number of rotatable bonds is 5. The van der Waals surface area contributed by atoms with Gasteiger partial charge in [-0.2, -0.15) is 0 Å². The molecule has 0 saturated heterocycles. The second-order valence-corrected chi connectivity index (χ2v) is 7.18. The van der Waals surface area contributed by atoms with E-state index >= 15 is 0 Å². The molecule has 0 unspecified atom stereocenters. The van der Waals surface area contributed by atoms with Gasteiger partial charge in [-0.3, -0.25) is 0 Å². The Bertz CT molecular complexity index is 244. The van der Waals surface area contributed by atoms with Gasteiger partial charge in [-0.25, -0.2) is 0 Å². The van der Waals surface area contributed by atoms with Crippen molar-refractivity contribution >= 4 is 0 Å². The molecular formula is C14H28N2. The van der Waals surface area contributed by atoms with Crippen LogP contribution in [0.2, 0.25) is 0 Å². The Hall–Kier alpha value is -0.0800. The second kappa shape index (κ2) is 3.71. The summed E-state index contributed by atoms with van der Waals surface area (Å²) in [6.07, 6.45) is 4.03. The number of nitrogens with one attached hydrogen (secondary N) is 1. The lowest BCUT2D eigenvalue weighted by atomic mass is 9.69. The third-order valence-electron chi connectivity index (χ3n) is 6.02. The van der Waals surface area contributed by atoms with E-state index in [1.54, 1.807) is 0 Å². The van der Waals surface area contributed by atoms with Gasteiger partial charge >= 0.3 is 0 Å². The van der Waals surface area contributed by atoms with Crippen LogP contribution < -0.4 is 11.1 Å². The molecule has 2 rings (SSSR count). The molecule has 16 heavy (non-hydrogen) atoms. The van der Waals surface area contributed by atoms with Crippen LogP contribution in [0.15, 0.2) is 0 Å². The summed E-state index contributed by atoms with van der Waals surface area (Å²) in [5.74, 6) is 0.829. The van der Waals surface area contributed by atoms with Crippen LogP contribution in [0.3, 0.4) is 0 Å². The van der Waals surface area contributed by atoms with Gasteiger partial charge < -0.3 is 11.1 Å². The van der Waals surface area contributed by atoms with Gasteiger partial charge in [0.1, 0.15) is 0 Å². The van der Waals surface area contributed by atoms with Gasteiger partial charge in [0.15, 0.2) is 0 Å². The first-order chi connectivity index (χ1) is 7.36. The molecule has 0 aromatic heterocycles. The van der Waals surface area contributed by atoms with Gasteiger partial charge in [0.25, 0.3) is 0 Å². The van der Waals surface area contributed by atoms with Crippen molar-refractivity contribution in [3.05, 3.63) is 0 Å². The summed E-state index contributed by atoms with van der Waals surface area (Å²) in [5.41, 5.74) is 7.33. The second-order valence-electron chi connectivity index (χ2n) is 7.18. The maximum atomic E-state index is 5.87. The SMILES string of the molecule is CC1(C)C(CNCC2(CN)CCC2)C1(C)C. The Morgan fingerprint density at radius 3 is 2.00 bits per heavy atom. The van der Waals surface area contributed by atoms with Crippen LogP contribution >= 0.6 is 0 Å². The zero-order valence-corrected chi connectivity index (χ0v) is 11.4. The molecule has 94 valence electrons. The molecule has 0 radical (unpaired) electrons. The molecule has 0 aromatic carbocycles. The van der Waals surface area contributed by atoms with Gasteiger partial charge in [0.2, 0.25) is 0 Å². The van der Waals surface area contributed by atoms with Crippen LogP contribution in [0.25, 0.3) is 0 Å². The van der Waals surface area contributed by atoms with Gasteiger partial charge in [-0.05, 0) is 48.1 Å². The molecule has 0 bridgehead atoms. The molecule has 0 amide bonds. The summed E-state index contributed by atoms with van der Waals surface area (Å²) in [4.78, 5) is 0. The van der Waals surface area contributed by atoms with Gasteiger partial charge in [0, 0.05) is 6.54 Å². The van der Waals surface area contributed by atoms with E-state index in [0.717, 1.165) is 19.0 Å². The molecule has 2 nitrogen and oxygen atoms in total. The summed E-state index contributed by atoms with van der Waals surface area (Å²) in [6.45, 7) is 12.7. The molecule has 2 aliphatic carbocycles. The fraction of sp³-hybridized carbons (Fsp3) is 1.00. The minimum absolute atomic E-state index is 0.448. The van der Waals surface area contributed by atoms with Crippen LogP contribution in [-0.4, -0.2) is 19.6 Å². The van der Waals surface area contributed by atoms with Crippen molar-refractivity contribution in [2.24, 2.45) is 27.9 Å². The Labute approximate surface area is 100 Å². The third kappa shape index (κ3) is 1.70. The van der Waals surface area contributed by atoms with Crippen LogP contribution in [0.4, 0.5) is 0 Å². The maximum absolute atomic E-state index is 5.87. The highest BCUT2D eigenvalue weighted by Crippen LogP contribution is 2.67. The van der Waals surface area contributed by atoms with Crippen molar-refractivity contribution in [1.82, 2.24) is 5.32 Å². The number of hydrogen-bond acceptors (Lipinski definition) is 2. The molecule has 2 aliphatic rings. The first kappa shape index (κ1) is 12.4. The topological polar surface area (TPSA) is 38.0 Å². The van der Waals surface area contributed by atoms with Crippen molar-refractivity contribution in [3.8, 4) is 0 Å². The van der Waals surface area contributed by atoms with Gasteiger partial charge in [-0.1, -0.05) is 34.1 Å². The quantitative estimate of drug-likeness (QED) is 0.752. The van der Waals surface area contributed by atoms with Gasteiger partial charge in [-0.15, -0.1) is 0 Å². The lowest BCUT2D eigenvalue weighted by Crippen LogP contribution is -2.46. The highest BCUT2D eigenvalue weighted by molar-refractivity contribution is 5.13. The molecule has 0 aliphatic heterocycles. The fourth-order valence-corrected chi connectivity index (χ4v) is 3.46. The fourth-order valence-electron chi connectivity index (χ4n) is 3.46. The Morgan fingerprint density at radius 2 is 1.69 bits per heavy atom. The predicted molar refractivity (Wildman–Crippen MR) is 69.3 cm³/mol. The molecule has 2 heteroatoms. The van der Waals surface area contributed by atoms with E-state index in [-0.39, 0.29) is 0 Å². The molecule has 2 saturated carbocycles. The average Bonchev–Trinajstić information content (AvgIpc) is 2.51. The smallest absolute Gasteiger partial charge is 0.00200 e. The molecule has 0 atom stereocenters. The molecule has 0 spiro atoms. The summed E-state index contributed by atoms with van der Waals surface area (Å²) < 4.78 is 0. The van der Waals surface area contributed by atoms with Crippen LogP contribution in [0.1, 0.15) is 47.0 Å². The summed E-state index contributed by atoms with van der Waals surface area (Å²) in [7, 11) is 0. The summed E-state index contributed by atoms with van der Waals surface area (Å²) >= 11 is 0. The van der Waals surface area contributed by atoms with Crippen molar-refractivity contribution < 1.29 is 0 Å². The standard InChI is InChI=1S/C14H28N2/c1-12(2)11(13(12,3)4)8-16-10-14(9-15)6-5-7-14/h11,16H,5-10,15H2,1-4H3. The van der Waals surface area contributed by atoms with Crippen LogP contribution in [-0.2, 0) is 0 Å². The van der Waals surface area contributed by atoms with E-state index in [1.165, 1.54) is 25.8 Å². The van der Waals surface area contributed by atoms with E-state index in [2.05, 4.69) is 33.0 Å². The minimum Gasteiger partial charge on any atom is -0.330 e. The Balaban J connectivity index is 1.74.